The fourth-order valence-corrected chi connectivity index (χ4v) is 4.03. The lowest BCUT2D eigenvalue weighted by Gasteiger charge is -2.43. The summed E-state index contributed by atoms with van der Waals surface area (Å²) in [5.41, 5.74) is 0.730. The predicted molar refractivity (Wildman–Crippen MR) is 84.1 cm³/mol. The zero-order chi connectivity index (χ0) is 16.4. The lowest BCUT2D eigenvalue weighted by Crippen LogP contribution is -2.48. The molecule has 2 fully saturated rings. The Labute approximate surface area is 136 Å². The number of nitrogens with zero attached hydrogens (tertiary/aromatic N) is 3. The molecule has 2 atom stereocenters. The van der Waals surface area contributed by atoms with E-state index >= 15 is 0 Å². The normalized spacial score (nSPS) is 28.0. The van der Waals surface area contributed by atoms with Gasteiger partial charge >= 0.3 is 0 Å². The van der Waals surface area contributed by atoms with Crippen LogP contribution in [0.4, 0.5) is 4.39 Å². The Balaban J connectivity index is 1.71. The Hall–Kier alpha value is -1.53. The summed E-state index contributed by atoms with van der Waals surface area (Å²) >= 11 is 0. The number of fused-ring (bicyclic) bond motifs is 1. The van der Waals surface area contributed by atoms with E-state index in [4.69, 9.17) is 4.74 Å². The van der Waals surface area contributed by atoms with Crippen LogP contribution in [-0.2, 0) is 16.1 Å². The molecule has 3 rings (SSSR count). The standard InChI is InChI=1S/C17H24FN3O2/c1-13(22)21-10-15-9-20(6-4-17(15,11-21)12-23-2)8-14-3-5-19-7-16(14)18/h3,5,7,15H,4,6,8-12H2,1-2H3/t15-,17+/m1/s1. The quantitative estimate of drug-likeness (QED) is 0.844. The Morgan fingerprint density at radius 2 is 2.35 bits per heavy atom. The fraction of sp³-hybridized carbons (Fsp3) is 0.647. The number of piperidine rings is 1. The first-order chi connectivity index (χ1) is 11.0. The maximum absolute atomic E-state index is 13.8. The molecule has 0 radical (unpaired) electrons. The van der Waals surface area contributed by atoms with Crippen molar-refractivity contribution in [2.45, 2.75) is 19.9 Å². The highest BCUT2D eigenvalue weighted by molar-refractivity contribution is 5.73. The Kier molecular flexibility index (Phi) is 4.64. The molecule has 0 aromatic carbocycles. The van der Waals surface area contributed by atoms with Gasteiger partial charge in [-0.2, -0.15) is 0 Å². The summed E-state index contributed by atoms with van der Waals surface area (Å²) in [7, 11) is 1.72. The molecule has 0 spiro atoms. The van der Waals surface area contributed by atoms with Gasteiger partial charge in [-0.05, 0) is 24.9 Å². The van der Waals surface area contributed by atoms with Crippen LogP contribution < -0.4 is 0 Å². The number of halogens is 1. The van der Waals surface area contributed by atoms with Crippen molar-refractivity contribution in [2.75, 3.05) is 39.9 Å². The van der Waals surface area contributed by atoms with Crippen LogP contribution in [-0.4, -0.2) is 60.6 Å². The maximum Gasteiger partial charge on any atom is 0.219 e. The van der Waals surface area contributed by atoms with Crippen LogP contribution in [0.25, 0.3) is 0 Å². The van der Waals surface area contributed by atoms with Crippen LogP contribution in [0.15, 0.2) is 18.5 Å². The van der Waals surface area contributed by atoms with Gasteiger partial charge in [0.2, 0.25) is 5.91 Å². The van der Waals surface area contributed by atoms with E-state index in [1.54, 1.807) is 26.3 Å². The van der Waals surface area contributed by atoms with Crippen molar-refractivity contribution < 1.29 is 13.9 Å². The molecular weight excluding hydrogens is 297 g/mol. The number of hydrogen-bond acceptors (Lipinski definition) is 4. The SMILES string of the molecule is COC[C@@]12CCN(Cc3ccncc3F)C[C@@H]1CN(C(C)=O)C2. The zero-order valence-corrected chi connectivity index (χ0v) is 13.8. The van der Waals surface area contributed by atoms with Crippen molar-refractivity contribution in [2.24, 2.45) is 11.3 Å². The van der Waals surface area contributed by atoms with Crippen molar-refractivity contribution in [1.82, 2.24) is 14.8 Å². The van der Waals surface area contributed by atoms with Gasteiger partial charge in [0.25, 0.3) is 0 Å². The highest BCUT2D eigenvalue weighted by Gasteiger charge is 2.50. The van der Waals surface area contributed by atoms with E-state index in [9.17, 15) is 9.18 Å². The molecule has 0 bridgehead atoms. The summed E-state index contributed by atoms with van der Waals surface area (Å²) < 4.78 is 19.3. The molecule has 1 aromatic rings. The Morgan fingerprint density at radius 1 is 1.52 bits per heavy atom. The monoisotopic (exact) mass is 321 g/mol. The average molecular weight is 321 g/mol. The van der Waals surface area contributed by atoms with Crippen LogP contribution in [0.5, 0.6) is 0 Å². The van der Waals surface area contributed by atoms with Crippen molar-refractivity contribution in [1.29, 1.82) is 0 Å². The number of carbonyl (C=O) groups is 1. The number of amides is 1. The van der Waals surface area contributed by atoms with Gasteiger partial charge in [-0.3, -0.25) is 14.7 Å². The summed E-state index contributed by atoms with van der Waals surface area (Å²) in [6.07, 6.45) is 3.87. The topological polar surface area (TPSA) is 45.7 Å². The lowest BCUT2D eigenvalue weighted by atomic mass is 9.73. The molecule has 2 aliphatic rings. The zero-order valence-electron chi connectivity index (χ0n) is 13.8. The molecule has 23 heavy (non-hydrogen) atoms. The van der Waals surface area contributed by atoms with Crippen molar-refractivity contribution >= 4 is 5.91 Å². The van der Waals surface area contributed by atoms with E-state index in [2.05, 4.69) is 9.88 Å². The van der Waals surface area contributed by atoms with Gasteiger partial charge in [0, 0.05) is 57.4 Å². The summed E-state index contributed by atoms with van der Waals surface area (Å²) in [6, 6.07) is 1.74. The second kappa shape index (κ2) is 6.53. The van der Waals surface area contributed by atoms with E-state index in [-0.39, 0.29) is 17.1 Å². The first kappa shape index (κ1) is 16.3. The van der Waals surface area contributed by atoms with Crippen LogP contribution >= 0.6 is 0 Å². The van der Waals surface area contributed by atoms with Gasteiger partial charge in [-0.15, -0.1) is 0 Å². The molecule has 6 heteroatoms. The Bertz CT molecular complexity index is 583. The molecular formula is C17H24FN3O2. The molecule has 0 aliphatic carbocycles. The summed E-state index contributed by atoms with van der Waals surface area (Å²) in [5.74, 6) is 0.254. The van der Waals surface area contributed by atoms with Gasteiger partial charge in [-0.1, -0.05) is 0 Å². The minimum atomic E-state index is -0.252. The molecule has 2 saturated heterocycles. The van der Waals surface area contributed by atoms with Crippen molar-refractivity contribution in [3.05, 3.63) is 29.8 Å². The van der Waals surface area contributed by atoms with Crippen molar-refractivity contribution in [3.63, 3.8) is 0 Å². The smallest absolute Gasteiger partial charge is 0.219 e. The third kappa shape index (κ3) is 3.23. The third-order valence-electron chi connectivity index (χ3n) is 5.34. The number of hydrogen-bond donors (Lipinski definition) is 0. The van der Waals surface area contributed by atoms with Gasteiger partial charge in [0.15, 0.2) is 0 Å². The summed E-state index contributed by atoms with van der Waals surface area (Å²) in [6.45, 7) is 6.21. The molecule has 0 unspecified atom stereocenters. The first-order valence-corrected chi connectivity index (χ1v) is 8.09. The molecule has 0 N–H and O–H groups in total. The Morgan fingerprint density at radius 3 is 3.04 bits per heavy atom. The number of aromatic nitrogens is 1. The van der Waals surface area contributed by atoms with E-state index in [0.29, 0.717) is 24.6 Å². The minimum absolute atomic E-state index is 0.0493. The summed E-state index contributed by atoms with van der Waals surface area (Å²) in [5, 5.41) is 0. The third-order valence-corrected chi connectivity index (χ3v) is 5.34. The number of likely N-dealkylation sites (tertiary alicyclic amines) is 2. The highest BCUT2D eigenvalue weighted by Crippen LogP contribution is 2.43. The number of pyridine rings is 1. The molecule has 1 aromatic heterocycles. The van der Waals surface area contributed by atoms with Crippen molar-refractivity contribution in [3.8, 4) is 0 Å². The van der Waals surface area contributed by atoms with Gasteiger partial charge < -0.3 is 9.64 Å². The highest BCUT2D eigenvalue weighted by atomic mass is 19.1. The molecule has 0 saturated carbocycles. The summed E-state index contributed by atoms with van der Waals surface area (Å²) in [4.78, 5) is 19.8. The largest absolute Gasteiger partial charge is 0.384 e. The second-order valence-corrected chi connectivity index (χ2v) is 6.84. The van der Waals surface area contributed by atoms with Gasteiger partial charge in [-0.25, -0.2) is 4.39 Å². The van der Waals surface area contributed by atoms with Crippen LogP contribution in [0.1, 0.15) is 18.9 Å². The number of ether oxygens (including phenoxy) is 1. The maximum atomic E-state index is 13.8. The van der Waals surface area contributed by atoms with E-state index in [1.165, 1.54) is 6.20 Å². The van der Waals surface area contributed by atoms with E-state index in [0.717, 1.165) is 32.6 Å². The number of methoxy groups -OCH3 is 1. The van der Waals surface area contributed by atoms with Crippen LogP contribution in [0.3, 0.4) is 0 Å². The molecule has 5 nitrogen and oxygen atoms in total. The van der Waals surface area contributed by atoms with E-state index < -0.39 is 0 Å². The van der Waals surface area contributed by atoms with Gasteiger partial charge in [0.05, 0.1) is 12.8 Å². The van der Waals surface area contributed by atoms with E-state index in [1.807, 2.05) is 4.90 Å². The average Bonchev–Trinajstić information content (AvgIpc) is 2.89. The van der Waals surface area contributed by atoms with Crippen LogP contribution in [0.2, 0.25) is 0 Å². The molecule has 3 heterocycles. The second-order valence-electron chi connectivity index (χ2n) is 6.84. The van der Waals surface area contributed by atoms with Gasteiger partial charge in [0.1, 0.15) is 5.82 Å². The minimum Gasteiger partial charge on any atom is -0.384 e. The molecule has 1 amide bonds. The lowest BCUT2D eigenvalue weighted by molar-refractivity contribution is -0.128. The first-order valence-electron chi connectivity index (χ1n) is 8.09. The van der Waals surface area contributed by atoms with Crippen LogP contribution in [0, 0.1) is 17.2 Å². The number of carbonyl (C=O) groups excluding carboxylic acids is 1. The fourth-order valence-electron chi connectivity index (χ4n) is 4.03. The number of rotatable bonds is 4. The predicted octanol–water partition coefficient (Wildman–Crippen LogP) is 1.54. The molecule has 2 aliphatic heterocycles. The molecule has 126 valence electrons.